The molecule has 0 bridgehead atoms. The fourth-order valence-electron chi connectivity index (χ4n) is 3.37. The largest absolute Gasteiger partial charge is 0.347 e. The monoisotopic (exact) mass is 403 g/mol. The number of para-hydroxylation sites is 1. The Balaban J connectivity index is 1.51. The minimum absolute atomic E-state index is 0.0163. The molecule has 1 fully saturated rings. The smallest absolute Gasteiger partial charge is 0.229 e. The summed E-state index contributed by atoms with van der Waals surface area (Å²) in [5.41, 5.74) is 2.12. The zero-order chi connectivity index (χ0) is 19.0. The number of anilines is 2. The zero-order valence-electron chi connectivity index (χ0n) is 14.8. The van der Waals surface area contributed by atoms with Crippen LogP contribution in [0.3, 0.4) is 0 Å². The number of hydrogen-bond acceptors (Lipinski definition) is 4. The van der Waals surface area contributed by atoms with Gasteiger partial charge in [0.2, 0.25) is 5.91 Å². The molecular weight excluding hydrogens is 385 g/mol. The molecule has 140 valence electrons. The van der Waals surface area contributed by atoms with Gasteiger partial charge in [-0.3, -0.25) is 4.79 Å². The molecule has 0 spiro atoms. The molecule has 0 radical (unpaired) electrons. The fourth-order valence-corrected chi connectivity index (χ4v) is 4.55. The average Bonchev–Trinajstić information content (AvgIpc) is 3.11. The van der Waals surface area contributed by atoms with E-state index in [-0.39, 0.29) is 17.6 Å². The van der Waals surface area contributed by atoms with Gasteiger partial charge in [0, 0.05) is 23.8 Å². The van der Waals surface area contributed by atoms with Gasteiger partial charge < -0.3 is 10.2 Å². The molecule has 0 saturated carbocycles. The topological polar surface area (TPSA) is 45.2 Å². The summed E-state index contributed by atoms with van der Waals surface area (Å²) in [7, 11) is 0. The maximum absolute atomic E-state index is 13.9. The third-order valence-electron chi connectivity index (χ3n) is 4.88. The lowest BCUT2D eigenvalue weighted by Gasteiger charge is -2.31. The van der Waals surface area contributed by atoms with Crippen molar-refractivity contribution in [2.45, 2.75) is 19.8 Å². The first-order chi connectivity index (χ1) is 13.0. The Hall–Kier alpha value is -2.18. The normalized spacial score (nSPS) is 17.3. The lowest BCUT2D eigenvalue weighted by atomic mass is 9.97. The highest BCUT2D eigenvalue weighted by atomic mass is 35.5. The van der Waals surface area contributed by atoms with Crippen molar-refractivity contribution in [3.8, 4) is 0 Å². The maximum atomic E-state index is 13.9. The first kappa shape index (κ1) is 18.2. The molecule has 1 unspecified atom stereocenters. The summed E-state index contributed by atoms with van der Waals surface area (Å²) in [5, 5.41) is 4.37. The van der Waals surface area contributed by atoms with Crippen LogP contribution in [0.25, 0.3) is 10.2 Å². The molecule has 1 N–H and O–H groups in total. The van der Waals surface area contributed by atoms with Crippen LogP contribution >= 0.6 is 22.9 Å². The molecule has 1 saturated heterocycles. The average molecular weight is 404 g/mol. The number of fused-ring (bicyclic) bond motifs is 1. The molecule has 1 aliphatic heterocycles. The summed E-state index contributed by atoms with van der Waals surface area (Å²) in [6, 6.07) is 10.5. The summed E-state index contributed by atoms with van der Waals surface area (Å²) < 4.78 is 14.8. The number of aryl methyl sites for hydroxylation is 1. The Kier molecular flexibility index (Phi) is 5.02. The van der Waals surface area contributed by atoms with E-state index in [1.165, 1.54) is 17.4 Å². The van der Waals surface area contributed by atoms with Crippen LogP contribution in [0.15, 0.2) is 36.4 Å². The molecule has 1 amide bonds. The minimum Gasteiger partial charge on any atom is -0.347 e. The van der Waals surface area contributed by atoms with Crippen LogP contribution in [0.2, 0.25) is 5.02 Å². The van der Waals surface area contributed by atoms with E-state index in [9.17, 15) is 9.18 Å². The number of amides is 1. The van der Waals surface area contributed by atoms with Crippen LogP contribution in [0.1, 0.15) is 18.4 Å². The molecule has 1 atom stereocenters. The summed E-state index contributed by atoms with van der Waals surface area (Å²) in [6.45, 7) is 3.34. The molecule has 27 heavy (non-hydrogen) atoms. The number of aromatic nitrogens is 1. The van der Waals surface area contributed by atoms with Crippen molar-refractivity contribution in [2.24, 2.45) is 5.92 Å². The number of carbonyl (C=O) groups excluding carboxylic acids is 1. The van der Waals surface area contributed by atoms with Crippen molar-refractivity contribution in [1.82, 2.24) is 4.98 Å². The van der Waals surface area contributed by atoms with Crippen LogP contribution in [-0.2, 0) is 4.79 Å². The van der Waals surface area contributed by atoms with E-state index in [1.807, 2.05) is 19.1 Å². The highest BCUT2D eigenvalue weighted by Gasteiger charge is 2.28. The minimum atomic E-state index is -0.308. The van der Waals surface area contributed by atoms with E-state index in [4.69, 9.17) is 11.6 Å². The predicted molar refractivity (Wildman–Crippen MR) is 109 cm³/mol. The second-order valence-electron chi connectivity index (χ2n) is 6.82. The van der Waals surface area contributed by atoms with Crippen LogP contribution in [0, 0.1) is 18.7 Å². The van der Waals surface area contributed by atoms with Crippen LogP contribution < -0.4 is 10.2 Å². The first-order valence-corrected chi connectivity index (χ1v) is 10.1. The van der Waals surface area contributed by atoms with E-state index in [0.29, 0.717) is 17.1 Å². The molecule has 1 aromatic heterocycles. The number of halogens is 2. The van der Waals surface area contributed by atoms with Crippen molar-refractivity contribution < 1.29 is 9.18 Å². The number of benzene rings is 2. The Morgan fingerprint density at radius 3 is 3.04 bits per heavy atom. The summed E-state index contributed by atoms with van der Waals surface area (Å²) in [5.74, 6) is -0.468. The predicted octanol–water partition coefficient (Wildman–Crippen LogP) is 5.25. The van der Waals surface area contributed by atoms with Gasteiger partial charge >= 0.3 is 0 Å². The van der Waals surface area contributed by atoms with Crippen LogP contribution in [0.4, 0.5) is 15.2 Å². The number of rotatable bonds is 3. The van der Waals surface area contributed by atoms with Gasteiger partial charge in [0.15, 0.2) is 5.13 Å². The Morgan fingerprint density at radius 2 is 2.22 bits per heavy atom. The quantitative estimate of drug-likeness (QED) is 0.649. The summed E-state index contributed by atoms with van der Waals surface area (Å²) in [6.07, 6.45) is 1.71. The molecule has 2 aromatic carbocycles. The van der Waals surface area contributed by atoms with Gasteiger partial charge in [-0.15, -0.1) is 0 Å². The van der Waals surface area contributed by atoms with Crippen molar-refractivity contribution in [3.05, 3.63) is 52.8 Å². The summed E-state index contributed by atoms with van der Waals surface area (Å²) in [4.78, 5) is 19.3. The zero-order valence-corrected chi connectivity index (χ0v) is 16.4. The number of thiazole rings is 1. The molecule has 4 nitrogen and oxygen atoms in total. The van der Waals surface area contributed by atoms with E-state index in [0.717, 1.165) is 40.5 Å². The standard InChI is InChI=1S/C20H19ClFN3OS/c1-12-7-8-14(21)10-16(12)23-19(26)13-4-3-9-25(11-13)20-24-18-15(22)5-2-6-17(18)27-20/h2,5-8,10,13H,3-4,9,11H2,1H3,(H,23,26). The Morgan fingerprint density at radius 1 is 1.37 bits per heavy atom. The number of piperidine rings is 1. The SMILES string of the molecule is Cc1ccc(Cl)cc1NC(=O)C1CCCN(c2nc3c(F)cccc3s2)C1. The van der Waals surface area contributed by atoms with Gasteiger partial charge in [-0.05, 0) is 49.6 Å². The molecule has 0 aliphatic carbocycles. The molecule has 7 heteroatoms. The van der Waals surface area contributed by atoms with E-state index < -0.39 is 0 Å². The van der Waals surface area contributed by atoms with Crippen molar-refractivity contribution in [3.63, 3.8) is 0 Å². The molecule has 1 aliphatic rings. The molecule has 3 aromatic rings. The fraction of sp³-hybridized carbons (Fsp3) is 0.300. The van der Waals surface area contributed by atoms with Gasteiger partial charge in [-0.1, -0.05) is 35.1 Å². The lowest BCUT2D eigenvalue weighted by molar-refractivity contribution is -0.120. The van der Waals surface area contributed by atoms with Gasteiger partial charge in [0.25, 0.3) is 0 Å². The van der Waals surface area contributed by atoms with E-state index >= 15 is 0 Å². The lowest BCUT2D eigenvalue weighted by Crippen LogP contribution is -2.40. The van der Waals surface area contributed by atoms with Gasteiger partial charge in [-0.25, -0.2) is 9.37 Å². The van der Waals surface area contributed by atoms with E-state index in [1.54, 1.807) is 18.2 Å². The van der Waals surface area contributed by atoms with Gasteiger partial charge in [0.05, 0.1) is 10.6 Å². The third kappa shape index (κ3) is 3.77. The third-order valence-corrected chi connectivity index (χ3v) is 6.20. The number of nitrogens with one attached hydrogen (secondary N) is 1. The Bertz CT molecular complexity index is 1010. The highest BCUT2D eigenvalue weighted by Crippen LogP contribution is 2.33. The summed E-state index contributed by atoms with van der Waals surface area (Å²) >= 11 is 7.51. The maximum Gasteiger partial charge on any atom is 0.229 e. The molecular formula is C20H19ClFN3OS. The van der Waals surface area contributed by atoms with E-state index in [2.05, 4.69) is 15.2 Å². The first-order valence-electron chi connectivity index (χ1n) is 8.88. The molecule has 2 heterocycles. The van der Waals surface area contributed by atoms with Gasteiger partial charge in [-0.2, -0.15) is 0 Å². The second kappa shape index (κ2) is 7.44. The molecule has 4 rings (SSSR count). The van der Waals surface area contributed by atoms with Crippen molar-refractivity contribution in [2.75, 3.05) is 23.3 Å². The van der Waals surface area contributed by atoms with Crippen LogP contribution in [0.5, 0.6) is 0 Å². The Labute approximate surface area is 166 Å². The number of nitrogens with zero attached hydrogens (tertiary/aromatic N) is 2. The van der Waals surface area contributed by atoms with Crippen LogP contribution in [-0.4, -0.2) is 24.0 Å². The second-order valence-corrected chi connectivity index (χ2v) is 8.26. The number of hydrogen-bond donors (Lipinski definition) is 1. The highest BCUT2D eigenvalue weighted by molar-refractivity contribution is 7.22. The van der Waals surface area contributed by atoms with Crippen molar-refractivity contribution >= 4 is 49.9 Å². The van der Waals surface area contributed by atoms with Crippen molar-refractivity contribution in [1.29, 1.82) is 0 Å². The number of carbonyl (C=O) groups is 1. The van der Waals surface area contributed by atoms with Gasteiger partial charge in [0.1, 0.15) is 11.3 Å².